The van der Waals surface area contributed by atoms with Crippen LogP contribution in [0.2, 0.25) is 0 Å². The van der Waals surface area contributed by atoms with Crippen LogP contribution in [0.3, 0.4) is 0 Å². The maximum Gasteiger partial charge on any atom is 0.320 e. The standard InChI is InChI=1S/C6H9N3O2/c7-5(6(10)11)1-4-2-8-3-9-4/h2-3,5H,1,7H2,(H2,8,9,10,11)/p-1/t5-/m0/s1. The van der Waals surface area contributed by atoms with Crippen molar-refractivity contribution >= 4 is 5.97 Å². The van der Waals surface area contributed by atoms with Gasteiger partial charge in [-0.15, -0.1) is 0 Å². The molecule has 0 saturated carbocycles. The lowest BCUT2D eigenvalue weighted by molar-refractivity contribution is -0.138. The largest absolute Gasteiger partial charge is 0.480 e. The molecule has 3 N–H and O–H groups in total. The summed E-state index contributed by atoms with van der Waals surface area (Å²) in [6.45, 7) is 0. The molecule has 0 aliphatic rings. The lowest BCUT2D eigenvalue weighted by Crippen LogP contribution is -2.32. The normalized spacial score (nSPS) is 12.8. The minimum Gasteiger partial charge on any atom is -0.480 e. The van der Waals surface area contributed by atoms with Crippen LogP contribution in [0.1, 0.15) is 5.69 Å². The first-order valence-electron chi connectivity index (χ1n) is 3.10. The van der Waals surface area contributed by atoms with Gasteiger partial charge in [-0.3, -0.25) is 4.79 Å². The molecule has 0 fully saturated rings. The third-order valence-electron chi connectivity index (χ3n) is 1.26. The van der Waals surface area contributed by atoms with Gasteiger partial charge in [-0.05, 0) is 6.42 Å². The van der Waals surface area contributed by atoms with Crippen LogP contribution in [0.5, 0.6) is 0 Å². The second-order valence-electron chi connectivity index (χ2n) is 2.16. The number of aliphatic carboxylic acids is 1. The van der Waals surface area contributed by atoms with Crippen LogP contribution < -0.4 is 10.7 Å². The highest BCUT2D eigenvalue weighted by molar-refractivity contribution is 5.73. The number of hydrogen-bond acceptors (Lipinski definition) is 3. The Bertz CT molecular complexity index is 232. The average molecular weight is 154 g/mol. The fourth-order valence-electron chi connectivity index (χ4n) is 0.678. The van der Waals surface area contributed by atoms with Crippen LogP contribution in [0.25, 0.3) is 0 Å². The van der Waals surface area contributed by atoms with Gasteiger partial charge >= 0.3 is 5.97 Å². The smallest absolute Gasteiger partial charge is 0.320 e. The zero-order chi connectivity index (χ0) is 8.27. The summed E-state index contributed by atoms with van der Waals surface area (Å²) in [5, 5.41) is 8.41. The number of hydrogen-bond donors (Lipinski definition) is 2. The highest BCUT2D eigenvalue weighted by Crippen LogP contribution is 1.94. The minimum absolute atomic E-state index is 0.231. The maximum absolute atomic E-state index is 10.3. The van der Waals surface area contributed by atoms with E-state index in [9.17, 15) is 4.79 Å². The molecule has 1 heterocycles. The molecule has 60 valence electrons. The lowest BCUT2D eigenvalue weighted by atomic mass is 10.2. The Morgan fingerprint density at radius 3 is 3.09 bits per heavy atom. The molecule has 1 aromatic rings. The molecule has 0 aliphatic heterocycles. The Morgan fingerprint density at radius 1 is 1.91 bits per heavy atom. The zero-order valence-corrected chi connectivity index (χ0v) is 5.77. The molecule has 11 heavy (non-hydrogen) atoms. The third-order valence-corrected chi connectivity index (χ3v) is 1.26. The van der Waals surface area contributed by atoms with Crippen LogP contribution in [0, 0.1) is 0 Å². The molecule has 0 aromatic carbocycles. The van der Waals surface area contributed by atoms with E-state index >= 15 is 0 Å². The molecule has 0 bridgehead atoms. The zero-order valence-electron chi connectivity index (χ0n) is 5.77. The number of aromatic nitrogens is 2. The van der Waals surface area contributed by atoms with Crippen LogP contribution >= 0.6 is 0 Å². The van der Waals surface area contributed by atoms with Gasteiger partial charge in [0.05, 0.1) is 0 Å². The first-order chi connectivity index (χ1) is 5.20. The third kappa shape index (κ3) is 2.05. The molecule has 0 saturated heterocycles. The van der Waals surface area contributed by atoms with Gasteiger partial charge in [0.15, 0.2) is 0 Å². The minimum atomic E-state index is -1.02. The van der Waals surface area contributed by atoms with E-state index in [-0.39, 0.29) is 6.42 Å². The number of carboxylic acids is 1. The van der Waals surface area contributed by atoms with Crippen molar-refractivity contribution in [3.8, 4) is 0 Å². The molecule has 1 aromatic heterocycles. The van der Waals surface area contributed by atoms with E-state index < -0.39 is 12.0 Å². The fourth-order valence-corrected chi connectivity index (χ4v) is 0.678. The summed E-state index contributed by atoms with van der Waals surface area (Å²) in [5.74, 6) is -1.02. The molecule has 0 radical (unpaired) electrons. The summed E-state index contributed by atoms with van der Waals surface area (Å²) in [6, 6.07) is -0.883. The van der Waals surface area contributed by atoms with E-state index in [0.29, 0.717) is 5.69 Å². The molecule has 0 amide bonds. The van der Waals surface area contributed by atoms with E-state index in [2.05, 4.69) is 9.97 Å². The van der Waals surface area contributed by atoms with Gasteiger partial charge < -0.3 is 20.8 Å². The van der Waals surface area contributed by atoms with Crippen molar-refractivity contribution in [2.45, 2.75) is 12.5 Å². The second-order valence-corrected chi connectivity index (χ2v) is 2.16. The summed E-state index contributed by atoms with van der Waals surface area (Å²) in [5.41, 5.74) is 5.85. The van der Waals surface area contributed by atoms with Gasteiger partial charge in [0.25, 0.3) is 0 Å². The fraction of sp³-hybridized carbons (Fsp3) is 0.333. The van der Waals surface area contributed by atoms with Crippen molar-refractivity contribution in [2.75, 3.05) is 0 Å². The number of carbonyl (C=O) groups is 1. The molecule has 0 unspecified atom stereocenters. The van der Waals surface area contributed by atoms with Gasteiger partial charge in [0, 0.05) is 0 Å². The van der Waals surface area contributed by atoms with Crippen molar-refractivity contribution in [1.82, 2.24) is 9.97 Å². The van der Waals surface area contributed by atoms with Crippen molar-refractivity contribution in [3.63, 3.8) is 0 Å². The van der Waals surface area contributed by atoms with Crippen LogP contribution in [0.15, 0.2) is 12.5 Å². The van der Waals surface area contributed by atoms with Gasteiger partial charge in [-0.2, -0.15) is 0 Å². The topological polar surface area (TPSA) is 90.3 Å². The Morgan fingerprint density at radius 2 is 2.64 bits per heavy atom. The summed E-state index contributed by atoms with van der Waals surface area (Å²) in [6.07, 6.45) is 3.10. The number of rotatable bonds is 3. The van der Waals surface area contributed by atoms with Gasteiger partial charge in [0.1, 0.15) is 6.04 Å². The summed E-state index contributed by atoms with van der Waals surface area (Å²) < 4.78 is 0. The van der Waals surface area contributed by atoms with Crippen molar-refractivity contribution in [2.24, 2.45) is 5.73 Å². The number of nitrogens with two attached hydrogens (primary N) is 1. The van der Waals surface area contributed by atoms with E-state index in [1.54, 1.807) is 0 Å². The molecular weight excluding hydrogens is 146 g/mol. The van der Waals surface area contributed by atoms with Gasteiger partial charge in [0.2, 0.25) is 0 Å². The maximum atomic E-state index is 10.3. The van der Waals surface area contributed by atoms with Gasteiger partial charge in [-0.25, -0.2) is 0 Å². The van der Waals surface area contributed by atoms with Crippen molar-refractivity contribution < 1.29 is 9.90 Å². The Hall–Kier alpha value is -1.36. The van der Waals surface area contributed by atoms with Crippen molar-refractivity contribution in [3.05, 3.63) is 18.2 Å². The van der Waals surface area contributed by atoms with E-state index in [1.807, 2.05) is 0 Å². The van der Waals surface area contributed by atoms with Crippen LogP contribution in [-0.2, 0) is 11.2 Å². The van der Waals surface area contributed by atoms with Crippen LogP contribution in [0.4, 0.5) is 0 Å². The van der Waals surface area contributed by atoms with E-state index in [1.165, 1.54) is 12.5 Å². The number of carboxylic acid groups (broad SMARTS) is 1. The molecule has 0 aliphatic carbocycles. The highest BCUT2D eigenvalue weighted by atomic mass is 16.4. The Balaban J connectivity index is 2.50. The molecular formula is C6H8N3O2-. The van der Waals surface area contributed by atoms with Crippen molar-refractivity contribution in [1.29, 1.82) is 0 Å². The molecule has 1 atom stereocenters. The Kier molecular flexibility index (Phi) is 2.22. The molecule has 5 heteroatoms. The van der Waals surface area contributed by atoms with Gasteiger partial charge in [-0.1, -0.05) is 18.2 Å². The SMILES string of the molecule is N[C@@H](Cc1c[n-]cn1)C(=O)O. The average Bonchev–Trinajstić information content (AvgIpc) is 2.39. The second kappa shape index (κ2) is 3.16. The monoisotopic (exact) mass is 154 g/mol. The predicted octanol–water partition coefficient (Wildman–Crippen LogP) is -1.01. The van der Waals surface area contributed by atoms with Crippen LogP contribution in [-0.4, -0.2) is 22.1 Å². The quantitative estimate of drug-likeness (QED) is 0.582. The molecule has 1 rings (SSSR count). The Labute approximate surface area is 63.3 Å². The first kappa shape index (κ1) is 7.74. The van der Waals surface area contributed by atoms with E-state index in [4.69, 9.17) is 10.8 Å². The highest BCUT2D eigenvalue weighted by Gasteiger charge is 2.09. The number of imidazole rings is 1. The first-order valence-corrected chi connectivity index (χ1v) is 3.10. The summed E-state index contributed by atoms with van der Waals surface area (Å²) in [7, 11) is 0. The number of nitrogens with zero attached hydrogens (tertiary/aromatic N) is 2. The molecule has 0 spiro atoms. The summed E-state index contributed by atoms with van der Waals surface area (Å²) >= 11 is 0. The van der Waals surface area contributed by atoms with E-state index in [0.717, 1.165) is 0 Å². The molecule has 5 nitrogen and oxygen atoms in total. The summed E-state index contributed by atoms with van der Waals surface area (Å²) in [4.78, 5) is 17.7. The lowest BCUT2D eigenvalue weighted by Gasteiger charge is -2.05. The predicted molar refractivity (Wildman–Crippen MR) is 36.9 cm³/mol.